The maximum absolute atomic E-state index is 12.4. The van der Waals surface area contributed by atoms with Crippen molar-refractivity contribution in [3.05, 3.63) is 35.6 Å². The smallest absolute Gasteiger partial charge is 0.449 e. The van der Waals surface area contributed by atoms with E-state index in [0.29, 0.717) is 11.9 Å². The molecule has 0 aliphatic carbocycles. The SMILES string of the molecule is NCCCc1ccc2oc(C(F)(F)F)cc2c1. The number of rotatable bonds is 3. The van der Waals surface area contributed by atoms with Crippen LogP contribution in [0.5, 0.6) is 0 Å². The lowest BCUT2D eigenvalue weighted by Crippen LogP contribution is -2.01. The van der Waals surface area contributed by atoms with Gasteiger partial charge in [-0.05, 0) is 43.1 Å². The van der Waals surface area contributed by atoms with Crippen LogP contribution in [0, 0.1) is 0 Å². The van der Waals surface area contributed by atoms with E-state index in [9.17, 15) is 13.2 Å². The Labute approximate surface area is 96.2 Å². The number of alkyl halides is 3. The quantitative estimate of drug-likeness (QED) is 0.897. The van der Waals surface area contributed by atoms with Gasteiger partial charge in [-0.15, -0.1) is 0 Å². The number of aryl methyl sites for hydroxylation is 1. The number of hydrogen-bond donors (Lipinski definition) is 1. The van der Waals surface area contributed by atoms with E-state index in [1.165, 1.54) is 0 Å². The highest BCUT2D eigenvalue weighted by Gasteiger charge is 2.35. The first-order valence-electron chi connectivity index (χ1n) is 5.30. The second-order valence-corrected chi connectivity index (χ2v) is 3.87. The first-order chi connectivity index (χ1) is 8.00. The Kier molecular flexibility index (Phi) is 3.11. The molecule has 0 aliphatic rings. The zero-order valence-corrected chi connectivity index (χ0v) is 9.05. The zero-order valence-electron chi connectivity index (χ0n) is 9.05. The number of hydrogen-bond acceptors (Lipinski definition) is 2. The van der Waals surface area contributed by atoms with Gasteiger partial charge in [-0.25, -0.2) is 0 Å². The third kappa shape index (κ3) is 2.61. The molecule has 2 N–H and O–H groups in total. The molecule has 2 aromatic rings. The average Bonchev–Trinajstić information content (AvgIpc) is 2.68. The highest BCUT2D eigenvalue weighted by molar-refractivity contribution is 5.78. The van der Waals surface area contributed by atoms with E-state index in [4.69, 9.17) is 10.2 Å². The largest absolute Gasteiger partial charge is 0.452 e. The van der Waals surface area contributed by atoms with Crippen LogP contribution in [-0.4, -0.2) is 6.54 Å². The summed E-state index contributed by atoms with van der Waals surface area (Å²) in [5, 5.41) is 0.479. The monoisotopic (exact) mass is 243 g/mol. The Bertz CT molecular complexity index is 516. The second kappa shape index (κ2) is 4.41. The van der Waals surface area contributed by atoms with Crippen LogP contribution in [0.25, 0.3) is 11.0 Å². The van der Waals surface area contributed by atoms with Crippen molar-refractivity contribution in [2.45, 2.75) is 19.0 Å². The summed E-state index contributed by atoms with van der Waals surface area (Å²) in [6.07, 6.45) is -2.86. The summed E-state index contributed by atoms with van der Waals surface area (Å²) < 4.78 is 42.0. The normalized spacial score (nSPS) is 12.2. The fraction of sp³-hybridized carbons (Fsp3) is 0.333. The topological polar surface area (TPSA) is 39.2 Å². The predicted molar refractivity (Wildman–Crippen MR) is 58.6 cm³/mol. The number of benzene rings is 1. The molecule has 0 saturated carbocycles. The van der Waals surface area contributed by atoms with Gasteiger partial charge in [-0.1, -0.05) is 6.07 Å². The molecule has 92 valence electrons. The van der Waals surface area contributed by atoms with Crippen LogP contribution in [0.3, 0.4) is 0 Å². The molecule has 2 rings (SSSR count). The van der Waals surface area contributed by atoms with Crippen LogP contribution in [0.15, 0.2) is 28.7 Å². The summed E-state index contributed by atoms with van der Waals surface area (Å²) >= 11 is 0. The van der Waals surface area contributed by atoms with E-state index in [1.54, 1.807) is 18.2 Å². The lowest BCUT2D eigenvalue weighted by molar-refractivity contribution is -0.152. The van der Waals surface area contributed by atoms with E-state index in [2.05, 4.69) is 0 Å². The molecule has 0 spiro atoms. The molecule has 0 bridgehead atoms. The van der Waals surface area contributed by atoms with Crippen LogP contribution < -0.4 is 5.73 Å². The number of fused-ring (bicyclic) bond motifs is 1. The lowest BCUT2D eigenvalue weighted by Gasteiger charge is -1.99. The van der Waals surface area contributed by atoms with Crippen molar-refractivity contribution in [3.8, 4) is 0 Å². The van der Waals surface area contributed by atoms with Crippen LogP contribution in [-0.2, 0) is 12.6 Å². The van der Waals surface area contributed by atoms with E-state index in [1.807, 2.05) is 0 Å². The van der Waals surface area contributed by atoms with Crippen molar-refractivity contribution >= 4 is 11.0 Å². The second-order valence-electron chi connectivity index (χ2n) is 3.87. The molecule has 0 atom stereocenters. The molecule has 0 amide bonds. The Hall–Kier alpha value is -1.49. The first-order valence-corrected chi connectivity index (χ1v) is 5.30. The van der Waals surface area contributed by atoms with Gasteiger partial charge in [0, 0.05) is 5.39 Å². The summed E-state index contributed by atoms with van der Waals surface area (Å²) in [5.41, 5.74) is 6.61. The summed E-state index contributed by atoms with van der Waals surface area (Å²) in [4.78, 5) is 0. The molecule has 5 heteroatoms. The molecule has 0 fully saturated rings. The Morgan fingerprint density at radius 3 is 2.59 bits per heavy atom. The van der Waals surface area contributed by atoms with Gasteiger partial charge >= 0.3 is 6.18 Å². The van der Waals surface area contributed by atoms with Gasteiger partial charge in [0.05, 0.1) is 0 Å². The van der Waals surface area contributed by atoms with Crippen molar-refractivity contribution in [2.24, 2.45) is 5.73 Å². The molecule has 2 nitrogen and oxygen atoms in total. The van der Waals surface area contributed by atoms with Crippen LogP contribution in [0.4, 0.5) is 13.2 Å². The first kappa shape index (κ1) is 12.0. The zero-order chi connectivity index (χ0) is 12.5. The summed E-state index contributed by atoms with van der Waals surface area (Å²) in [7, 11) is 0. The van der Waals surface area contributed by atoms with Gasteiger partial charge in [0.2, 0.25) is 5.76 Å². The molecule has 0 aliphatic heterocycles. The van der Waals surface area contributed by atoms with Crippen molar-refractivity contribution in [1.82, 2.24) is 0 Å². The number of nitrogens with two attached hydrogens (primary N) is 1. The minimum absolute atomic E-state index is 0.258. The van der Waals surface area contributed by atoms with E-state index in [-0.39, 0.29) is 5.58 Å². The Morgan fingerprint density at radius 1 is 1.18 bits per heavy atom. The van der Waals surface area contributed by atoms with Crippen LogP contribution >= 0.6 is 0 Å². The van der Waals surface area contributed by atoms with Gasteiger partial charge < -0.3 is 10.2 Å². The van der Waals surface area contributed by atoms with Crippen molar-refractivity contribution in [1.29, 1.82) is 0 Å². The fourth-order valence-electron chi connectivity index (χ4n) is 1.69. The molecule has 0 saturated heterocycles. The summed E-state index contributed by atoms with van der Waals surface area (Å²) in [5.74, 6) is -0.955. The Balaban J connectivity index is 2.34. The van der Waals surface area contributed by atoms with Crippen molar-refractivity contribution in [3.63, 3.8) is 0 Å². The van der Waals surface area contributed by atoms with Crippen LogP contribution in [0.1, 0.15) is 17.7 Å². The minimum Gasteiger partial charge on any atom is -0.452 e. The predicted octanol–water partition coefficient (Wildman–Crippen LogP) is 3.34. The van der Waals surface area contributed by atoms with Gasteiger partial charge in [0.25, 0.3) is 0 Å². The molecular weight excluding hydrogens is 231 g/mol. The molecule has 17 heavy (non-hydrogen) atoms. The maximum Gasteiger partial charge on any atom is 0.449 e. The molecule has 0 unspecified atom stereocenters. The van der Waals surface area contributed by atoms with Gasteiger partial charge in [-0.3, -0.25) is 0 Å². The van der Waals surface area contributed by atoms with Crippen LogP contribution in [0.2, 0.25) is 0 Å². The number of halogens is 3. The number of furan rings is 1. The highest BCUT2D eigenvalue weighted by atomic mass is 19.4. The van der Waals surface area contributed by atoms with E-state index < -0.39 is 11.9 Å². The lowest BCUT2D eigenvalue weighted by atomic mass is 10.1. The van der Waals surface area contributed by atoms with Gasteiger partial charge in [-0.2, -0.15) is 13.2 Å². The average molecular weight is 243 g/mol. The molecule has 0 radical (unpaired) electrons. The van der Waals surface area contributed by atoms with Crippen molar-refractivity contribution in [2.75, 3.05) is 6.54 Å². The third-order valence-corrected chi connectivity index (χ3v) is 2.53. The van der Waals surface area contributed by atoms with E-state index in [0.717, 1.165) is 24.5 Å². The molecule has 1 heterocycles. The van der Waals surface area contributed by atoms with E-state index >= 15 is 0 Å². The standard InChI is InChI=1S/C12H12F3NO/c13-12(14,15)11-7-9-6-8(2-1-5-16)3-4-10(9)17-11/h3-4,6-7H,1-2,5,16H2. The third-order valence-electron chi connectivity index (χ3n) is 2.53. The van der Waals surface area contributed by atoms with Gasteiger partial charge in [0.1, 0.15) is 5.58 Å². The molecular formula is C12H12F3NO. The molecule has 1 aromatic heterocycles. The maximum atomic E-state index is 12.4. The van der Waals surface area contributed by atoms with Gasteiger partial charge in [0.15, 0.2) is 0 Å². The Morgan fingerprint density at radius 2 is 1.94 bits per heavy atom. The summed E-state index contributed by atoms with van der Waals surface area (Å²) in [6.45, 7) is 0.567. The fourth-order valence-corrected chi connectivity index (χ4v) is 1.69. The molecule has 1 aromatic carbocycles. The highest BCUT2D eigenvalue weighted by Crippen LogP contribution is 2.34. The summed E-state index contributed by atoms with van der Waals surface area (Å²) in [6, 6.07) is 6.07. The minimum atomic E-state index is -4.43. The van der Waals surface area contributed by atoms with Crippen molar-refractivity contribution < 1.29 is 17.6 Å².